The minimum Gasteiger partial charge on any atom is -0.314 e. The van der Waals surface area contributed by atoms with E-state index in [1.165, 1.54) is 77.2 Å². The number of allylic oxidation sites excluding steroid dienone is 2. The maximum absolute atomic E-state index is 3.86. The van der Waals surface area contributed by atoms with Crippen molar-refractivity contribution in [3.8, 4) is 0 Å². The topological polar surface area (TPSA) is 12.0 Å². The molecule has 1 unspecified atom stereocenters. The molecule has 0 bridgehead atoms. The van der Waals surface area contributed by atoms with Gasteiger partial charge in [0.15, 0.2) is 0 Å². The number of nitrogens with one attached hydrogen (secondary N) is 1. The van der Waals surface area contributed by atoms with E-state index in [4.69, 9.17) is 0 Å². The zero-order valence-corrected chi connectivity index (χ0v) is 11.8. The van der Waals surface area contributed by atoms with Crippen LogP contribution in [0.3, 0.4) is 0 Å². The zero-order chi connectivity index (χ0) is 12.3. The van der Waals surface area contributed by atoms with Gasteiger partial charge in [-0.15, -0.1) is 0 Å². The van der Waals surface area contributed by atoms with Crippen molar-refractivity contribution in [2.45, 2.75) is 76.7 Å². The smallest absolute Gasteiger partial charge is 0.00675 e. The molecule has 0 amide bonds. The van der Waals surface area contributed by atoms with Crippen LogP contribution in [-0.4, -0.2) is 12.6 Å². The molecule has 3 aliphatic rings. The second-order valence-electron chi connectivity index (χ2n) is 7.04. The quantitative estimate of drug-likeness (QED) is 0.727. The van der Waals surface area contributed by atoms with Gasteiger partial charge in [-0.3, -0.25) is 0 Å². The van der Waals surface area contributed by atoms with E-state index in [0.717, 1.165) is 17.4 Å². The van der Waals surface area contributed by atoms with Gasteiger partial charge in [-0.05, 0) is 75.7 Å². The SMILES string of the molecule is C1=CCC(CNC2CCC3(CCCC3)CC2)CC1. The Hall–Kier alpha value is -0.300. The fourth-order valence-electron chi connectivity index (χ4n) is 4.43. The second kappa shape index (κ2) is 5.77. The molecule has 1 spiro atoms. The Kier molecular flexibility index (Phi) is 4.08. The van der Waals surface area contributed by atoms with Gasteiger partial charge in [-0.1, -0.05) is 25.0 Å². The van der Waals surface area contributed by atoms with Crippen LogP contribution in [0.2, 0.25) is 0 Å². The molecule has 102 valence electrons. The summed E-state index contributed by atoms with van der Waals surface area (Å²) in [6, 6.07) is 0.835. The maximum atomic E-state index is 3.86. The summed E-state index contributed by atoms with van der Waals surface area (Å²) in [4.78, 5) is 0. The molecule has 0 aromatic carbocycles. The molecule has 1 atom stereocenters. The van der Waals surface area contributed by atoms with E-state index in [9.17, 15) is 0 Å². The standard InChI is InChI=1S/C17H29N/c1-2-6-15(7-3-1)14-18-16-8-12-17(13-9-16)10-4-5-11-17/h1-2,15-16,18H,3-14H2. The fourth-order valence-corrected chi connectivity index (χ4v) is 4.43. The number of hydrogen-bond acceptors (Lipinski definition) is 1. The van der Waals surface area contributed by atoms with Gasteiger partial charge in [0.25, 0.3) is 0 Å². The van der Waals surface area contributed by atoms with Crippen molar-refractivity contribution in [3.05, 3.63) is 12.2 Å². The Labute approximate surface area is 112 Å². The highest BCUT2D eigenvalue weighted by Gasteiger charge is 2.37. The van der Waals surface area contributed by atoms with E-state index in [0.29, 0.717) is 0 Å². The predicted molar refractivity (Wildman–Crippen MR) is 77.6 cm³/mol. The Morgan fingerprint density at radius 3 is 2.39 bits per heavy atom. The molecule has 0 radical (unpaired) electrons. The molecule has 18 heavy (non-hydrogen) atoms. The molecular weight excluding hydrogens is 218 g/mol. The van der Waals surface area contributed by atoms with Gasteiger partial charge in [-0.2, -0.15) is 0 Å². The minimum atomic E-state index is 0.797. The summed E-state index contributed by atoms with van der Waals surface area (Å²) in [5, 5.41) is 3.86. The summed E-state index contributed by atoms with van der Waals surface area (Å²) in [5.74, 6) is 0.914. The lowest BCUT2D eigenvalue weighted by molar-refractivity contribution is 0.165. The first-order valence-electron chi connectivity index (χ1n) is 8.25. The van der Waals surface area contributed by atoms with E-state index in [1.807, 2.05) is 0 Å². The van der Waals surface area contributed by atoms with Crippen LogP contribution in [0, 0.1) is 11.3 Å². The molecule has 0 aliphatic heterocycles. The Morgan fingerprint density at radius 2 is 1.72 bits per heavy atom. The van der Waals surface area contributed by atoms with Crippen LogP contribution in [0.1, 0.15) is 70.6 Å². The second-order valence-corrected chi connectivity index (χ2v) is 7.04. The molecule has 1 N–H and O–H groups in total. The van der Waals surface area contributed by atoms with Crippen LogP contribution in [0.25, 0.3) is 0 Å². The van der Waals surface area contributed by atoms with Crippen LogP contribution in [0.4, 0.5) is 0 Å². The molecule has 2 saturated carbocycles. The van der Waals surface area contributed by atoms with Crippen molar-refractivity contribution < 1.29 is 0 Å². The van der Waals surface area contributed by atoms with Gasteiger partial charge in [0.05, 0.1) is 0 Å². The lowest BCUT2D eigenvalue weighted by Crippen LogP contribution is -2.39. The zero-order valence-electron chi connectivity index (χ0n) is 11.8. The molecule has 0 heterocycles. The molecule has 1 heteroatoms. The fraction of sp³-hybridized carbons (Fsp3) is 0.882. The molecule has 1 nitrogen and oxygen atoms in total. The van der Waals surface area contributed by atoms with Crippen molar-refractivity contribution in [3.63, 3.8) is 0 Å². The first kappa shape index (κ1) is 12.7. The number of hydrogen-bond donors (Lipinski definition) is 1. The van der Waals surface area contributed by atoms with Crippen LogP contribution >= 0.6 is 0 Å². The van der Waals surface area contributed by atoms with Gasteiger partial charge < -0.3 is 5.32 Å². The number of rotatable bonds is 3. The van der Waals surface area contributed by atoms with E-state index in [2.05, 4.69) is 17.5 Å². The van der Waals surface area contributed by atoms with Gasteiger partial charge in [0.2, 0.25) is 0 Å². The normalized spacial score (nSPS) is 32.1. The average Bonchev–Trinajstić information content (AvgIpc) is 2.88. The van der Waals surface area contributed by atoms with Crippen LogP contribution in [0.5, 0.6) is 0 Å². The summed E-state index contributed by atoms with van der Waals surface area (Å²) in [6.45, 7) is 1.27. The van der Waals surface area contributed by atoms with Crippen LogP contribution in [-0.2, 0) is 0 Å². The summed E-state index contributed by atoms with van der Waals surface area (Å²) >= 11 is 0. The van der Waals surface area contributed by atoms with E-state index in [-0.39, 0.29) is 0 Å². The van der Waals surface area contributed by atoms with Crippen molar-refractivity contribution in [2.75, 3.05) is 6.54 Å². The lowest BCUT2D eigenvalue weighted by Gasteiger charge is -2.38. The maximum Gasteiger partial charge on any atom is 0.00675 e. The molecule has 2 fully saturated rings. The van der Waals surface area contributed by atoms with E-state index in [1.54, 1.807) is 0 Å². The van der Waals surface area contributed by atoms with Crippen molar-refractivity contribution >= 4 is 0 Å². The summed E-state index contributed by atoms with van der Waals surface area (Å²) < 4.78 is 0. The van der Waals surface area contributed by atoms with Gasteiger partial charge in [0, 0.05) is 6.04 Å². The summed E-state index contributed by atoms with van der Waals surface area (Å²) in [5.41, 5.74) is 0.797. The lowest BCUT2D eigenvalue weighted by atomic mass is 9.71. The first-order valence-corrected chi connectivity index (χ1v) is 8.25. The van der Waals surface area contributed by atoms with Crippen molar-refractivity contribution in [2.24, 2.45) is 11.3 Å². The molecule has 3 rings (SSSR count). The molecule has 0 aromatic rings. The Bertz CT molecular complexity index is 278. The average molecular weight is 247 g/mol. The molecular formula is C17H29N. The van der Waals surface area contributed by atoms with Crippen LogP contribution < -0.4 is 5.32 Å². The summed E-state index contributed by atoms with van der Waals surface area (Å²) in [6.07, 6.45) is 20.7. The van der Waals surface area contributed by atoms with Crippen molar-refractivity contribution in [1.29, 1.82) is 0 Å². The Morgan fingerprint density at radius 1 is 0.944 bits per heavy atom. The van der Waals surface area contributed by atoms with Gasteiger partial charge in [0.1, 0.15) is 0 Å². The third-order valence-corrected chi connectivity index (χ3v) is 5.78. The summed E-state index contributed by atoms with van der Waals surface area (Å²) in [7, 11) is 0. The van der Waals surface area contributed by atoms with Gasteiger partial charge >= 0.3 is 0 Å². The monoisotopic (exact) mass is 247 g/mol. The van der Waals surface area contributed by atoms with E-state index < -0.39 is 0 Å². The minimum absolute atomic E-state index is 0.797. The van der Waals surface area contributed by atoms with E-state index >= 15 is 0 Å². The Balaban J connectivity index is 1.39. The van der Waals surface area contributed by atoms with Crippen molar-refractivity contribution in [1.82, 2.24) is 5.32 Å². The third kappa shape index (κ3) is 2.99. The van der Waals surface area contributed by atoms with Crippen LogP contribution in [0.15, 0.2) is 12.2 Å². The highest BCUT2D eigenvalue weighted by Crippen LogP contribution is 2.48. The predicted octanol–water partition coefficient (Wildman–Crippen LogP) is 4.44. The molecule has 3 aliphatic carbocycles. The largest absolute Gasteiger partial charge is 0.314 e. The van der Waals surface area contributed by atoms with Gasteiger partial charge in [-0.25, -0.2) is 0 Å². The molecule has 0 saturated heterocycles. The highest BCUT2D eigenvalue weighted by molar-refractivity contribution is 4.93. The molecule has 0 aromatic heterocycles. The highest BCUT2D eigenvalue weighted by atomic mass is 14.9. The third-order valence-electron chi connectivity index (χ3n) is 5.78. The first-order chi connectivity index (χ1) is 8.86.